The number of aromatic nitrogens is 2. The summed E-state index contributed by atoms with van der Waals surface area (Å²) in [6, 6.07) is -0.000555. The fourth-order valence-electron chi connectivity index (χ4n) is 4.63. The lowest BCUT2D eigenvalue weighted by Gasteiger charge is -2.36. The molecule has 0 radical (unpaired) electrons. The number of hydrogen-bond acceptors (Lipinski definition) is 3. The first-order chi connectivity index (χ1) is 12.4. The van der Waals surface area contributed by atoms with Crippen LogP contribution < -0.4 is 0 Å². The number of carbonyl (C=O) groups is 2. The Bertz CT molecular complexity index is 635. The molecule has 1 saturated heterocycles. The summed E-state index contributed by atoms with van der Waals surface area (Å²) in [7, 11) is 1.88. The number of amides is 2. The standard InChI is InChI=1S/C20H32N4O2/c1-13-18(14(2)22-21-13)15(3)23(4)19(25)17-9-11-24(12-10-17)20(26)16-7-5-6-8-16/h15-17H,5-12H2,1-4H3,(H,21,22)/t15-/m1/s1. The summed E-state index contributed by atoms with van der Waals surface area (Å²) in [5.41, 5.74) is 3.08. The van der Waals surface area contributed by atoms with E-state index in [9.17, 15) is 9.59 Å². The molecule has 0 bridgehead atoms. The summed E-state index contributed by atoms with van der Waals surface area (Å²) >= 11 is 0. The smallest absolute Gasteiger partial charge is 0.226 e. The number of piperidine rings is 1. The van der Waals surface area contributed by atoms with E-state index in [1.54, 1.807) is 0 Å². The highest BCUT2D eigenvalue weighted by Gasteiger charge is 2.34. The van der Waals surface area contributed by atoms with Gasteiger partial charge in [-0.25, -0.2) is 0 Å². The van der Waals surface area contributed by atoms with E-state index in [1.165, 1.54) is 12.8 Å². The Kier molecular flexibility index (Phi) is 5.68. The molecule has 6 heteroatoms. The number of carbonyl (C=O) groups excluding carboxylic acids is 2. The second-order valence-electron chi connectivity index (χ2n) is 8.05. The summed E-state index contributed by atoms with van der Waals surface area (Å²) in [6.45, 7) is 7.47. The average Bonchev–Trinajstić information content (AvgIpc) is 3.29. The SMILES string of the molecule is Cc1n[nH]c(C)c1[C@@H](C)N(C)C(=O)C1CCN(C(=O)C2CCCC2)CC1. The third-order valence-corrected chi connectivity index (χ3v) is 6.39. The lowest BCUT2D eigenvalue weighted by atomic mass is 9.93. The van der Waals surface area contributed by atoms with Crippen LogP contribution in [0.2, 0.25) is 0 Å². The minimum absolute atomic E-state index is 0.000555. The van der Waals surface area contributed by atoms with Gasteiger partial charge in [-0.15, -0.1) is 0 Å². The van der Waals surface area contributed by atoms with Gasteiger partial charge in [0.1, 0.15) is 0 Å². The molecule has 2 aliphatic rings. The third kappa shape index (κ3) is 3.64. The molecule has 0 aromatic carbocycles. The van der Waals surface area contributed by atoms with Gasteiger partial charge in [-0.1, -0.05) is 12.8 Å². The zero-order valence-electron chi connectivity index (χ0n) is 16.5. The van der Waals surface area contributed by atoms with Gasteiger partial charge in [0.15, 0.2) is 0 Å². The molecule has 2 fully saturated rings. The van der Waals surface area contributed by atoms with E-state index in [0.717, 1.165) is 55.7 Å². The minimum Gasteiger partial charge on any atom is -0.342 e. The lowest BCUT2D eigenvalue weighted by molar-refractivity contribution is -0.142. The Morgan fingerprint density at radius 1 is 1.12 bits per heavy atom. The van der Waals surface area contributed by atoms with Crippen molar-refractivity contribution < 1.29 is 9.59 Å². The predicted octanol–water partition coefficient (Wildman–Crippen LogP) is 2.97. The first kappa shape index (κ1) is 18.9. The van der Waals surface area contributed by atoms with Crippen LogP contribution in [0.3, 0.4) is 0 Å². The van der Waals surface area contributed by atoms with E-state index in [0.29, 0.717) is 5.91 Å². The fraction of sp³-hybridized carbons (Fsp3) is 0.750. The molecule has 26 heavy (non-hydrogen) atoms. The molecule has 1 aliphatic carbocycles. The van der Waals surface area contributed by atoms with Gasteiger partial charge in [0.05, 0.1) is 11.7 Å². The van der Waals surface area contributed by atoms with Crippen molar-refractivity contribution in [1.29, 1.82) is 0 Å². The molecule has 1 saturated carbocycles. The minimum atomic E-state index is -0.000555. The van der Waals surface area contributed by atoms with Gasteiger partial charge < -0.3 is 9.80 Å². The Balaban J connectivity index is 1.57. The number of likely N-dealkylation sites (tertiary alicyclic amines) is 1. The van der Waals surface area contributed by atoms with Crippen LogP contribution in [-0.4, -0.2) is 51.9 Å². The van der Waals surface area contributed by atoms with Crippen LogP contribution in [0.5, 0.6) is 0 Å². The second-order valence-corrected chi connectivity index (χ2v) is 8.05. The van der Waals surface area contributed by atoms with Crippen molar-refractivity contribution in [1.82, 2.24) is 20.0 Å². The van der Waals surface area contributed by atoms with Crippen molar-refractivity contribution in [3.8, 4) is 0 Å². The highest BCUT2D eigenvalue weighted by Crippen LogP contribution is 2.30. The molecular weight excluding hydrogens is 328 g/mol. The molecule has 1 aromatic heterocycles. The fourth-order valence-corrected chi connectivity index (χ4v) is 4.63. The predicted molar refractivity (Wildman–Crippen MR) is 101 cm³/mol. The van der Waals surface area contributed by atoms with Gasteiger partial charge in [0.25, 0.3) is 0 Å². The van der Waals surface area contributed by atoms with Crippen LogP contribution in [-0.2, 0) is 9.59 Å². The van der Waals surface area contributed by atoms with Crippen LogP contribution in [0.4, 0.5) is 0 Å². The van der Waals surface area contributed by atoms with Gasteiger partial charge in [-0.3, -0.25) is 14.7 Å². The van der Waals surface area contributed by atoms with Crippen molar-refractivity contribution in [3.63, 3.8) is 0 Å². The molecule has 2 heterocycles. The molecular formula is C20H32N4O2. The van der Waals surface area contributed by atoms with Crippen LogP contribution in [0, 0.1) is 25.7 Å². The topological polar surface area (TPSA) is 69.3 Å². The van der Waals surface area contributed by atoms with Crippen LogP contribution >= 0.6 is 0 Å². The zero-order valence-corrected chi connectivity index (χ0v) is 16.5. The number of rotatable bonds is 4. The molecule has 0 spiro atoms. The van der Waals surface area contributed by atoms with Gasteiger partial charge >= 0.3 is 0 Å². The van der Waals surface area contributed by atoms with E-state index in [2.05, 4.69) is 17.1 Å². The van der Waals surface area contributed by atoms with Gasteiger partial charge in [0, 0.05) is 43.2 Å². The molecule has 1 aliphatic heterocycles. The maximum absolute atomic E-state index is 13.0. The van der Waals surface area contributed by atoms with E-state index < -0.39 is 0 Å². The van der Waals surface area contributed by atoms with E-state index >= 15 is 0 Å². The number of H-pyrrole nitrogens is 1. The molecule has 1 atom stereocenters. The molecule has 1 N–H and O–H groups in total. The van der Waals surface area contributed by atoms with E-state index in [4.69, 9.17) is 0 Å². The first-order valence-electron chi connectivity index (χ1n) is 9.97. The van der Waals surface area contributed by atoms with Crippen molar-refractivity contribution in [2.24, 2.45) is 11.8 Å². The number of nitrogens with zero attached hydrogens (tertiary/aromatic N) is 3. The Morgan fingerprint density at radius 3 is 2.27 bits per heavy atom. The Morgan fingerprint density at radius 2 is 1.73 bits per heavy atom. The maximum Gasteiger partial charge on any atom is 0.226 e. The molecule has 0 unspecified atom stereocenters. The summed E-state index contributed by atoms with van der Waals surface area (Å²) in [5, 5.41) is 7.26. The number of nitrogens with one attached hydrogen (secondary N) is 1. The van der Waals surface area contributed by atoms with Crippen molar-refractivity contribution in [3.05, 3.63) is 17.0 Å². The summed E-state index contributed by atoms with van der Waals surface area (Å²) in [6.07, 6.45) is 6.00. The van der Waals surface area contributed by atoms with Crippen LogP contribution in [0.15, 0.2) is 0 Å². The van der Waals surface area contributed by atoms with Crippen LogP contribution in [0.1, 0.15) is 68.4 Å². The zero-order chi connectivity index (χ0) is 18.8. The summed E-state index contributed by atoms with van der Waals surface area (Å²) in [4.78, 5) is 29.4. The van der Waals surface area contributed by atoms with Crippen molar-refractivity contribution >= 4 is 11.8 Å². The van der Waals surface area contributed by atoms with Gasteiger partial charge in [-0.2, -0.15) is 5.10 Å². The molecule has 144 valence electrons. The third-order valence-electron chi connectivity index (χ3n) is 6.39. The average molecular weight is 361 g/mol. The molecule has 1 aromatic rings. The Hall–Kier alpha value is -1.85. The van der Waals surface area contributed by atoms with Crippen molar-refractivity contribution in [2.75, 3.05) is 20.1 Å². The summed E-state index contributed by atoms with van der Waals surface area (Å²) in [5.74, 6) is 0.754. The maximum atomic E-state index is 13.0. The van der Waals surface area contributed by atoms with Gasteiger partial charge in [0.2, 0.25) is 11.8 Å². The first-order valence-corrected chi connectivity index (χ1v) is 9.97. The number of aryl methyl sites for hydroxylation is 2. The number of aromatic amines is 1. The van der Waals surface area contributed by atoms with Crippen LogP contribution in [0.25, 0.3) is 0 Å². The molecule has 2 amide bonds. The largest absolute Gasteiger partial charge is 0.342 e. The highest BCUT2D eigenvalue weighted by atomic mass is 16.2. The van der Waals surface area contributed by atoms with Crippen molar-refractivity contribution in [2.45, 2.75) is 65.3 Å². The lowest BCUT2D eigenvalue weighted by Crippen LogP contribution is -2.45. The Labute approximate surface area is 156 Å². The van der Waals surface area contributed by atoms with Gasteiger partial charge in [-0.05, 0) is 46.5 Å². The highest BCUT2D eigenvalue weighted by molar-refractivity contribution is 5.81. The quantitative estimate of drug-likeness (QED) is 0.897. The molecule has 6 nitrogen and oxygen atoms in total. The molecule has 3 rings (SSSR count). The normalized spacial score (nSPS) is 20.4. The number of hydrogen-bond donors (Lipinski definition) is 1. The monoisotopic (exact) mass is 360 g/mol. The summed E-state index contributed by atoms with van der Waals surface area (Å²) < 4.78 is 0. The second kappa shape index (κ2) is 7.80. The van der Waals surface area contributed by atoms with E-state index in [1.807, 2.05) is 30.7 Å². The van der Waals surface area contributed by atoms with E-state index in [-0.39, 0.29) is 23.8 Å².